The van der Waals surface area contributed by atoms with Gasteiger partial charge in [-0.05, 0) is 80.4 Å². The number of likely N-dealkylation sites (tertiary alicyclic amines) is 1. The number of fused-ring (bicyclic) bond motifs is 1. The van der Waals surface area contributed by atoms with Crippen molar-refractivity contribution in [3.05, 3.63) is 48.7 Å². The van der Waals surface area contributed by atoms with Crippen LogP contribution in [0.4, 0.5) is 0 Å². The molecule has 1 aliphatic heterocycles. The molecular formula is C27H40N2O2. The molecule has 170 valence electrons. The monoisotopic (exact) mass is 424 g/mol. The molecule has 0 saturated carbocycles. The summed E-state index contributed by atoms with van der Waals surface area (Å²) in [4.78, 5) is 7.05. The second kappa shape index (κ2) is 12.2. The van der Waals surface area contributed by atoms with Gasteiger partial charge in [0.1, 0.15) is 5.75 Å². The first-order chi connectivity index (χ1) is 15.2. The quantitative estimate of drug-likeness (QED) is 0.354. The lowest BCUT2D eigenvalue weighted by Crippen LogP contribution is -2.44. The molecule has 1 unspecified atom stereocenters. The van der Waals surface area contributed by atoms with Gasteiger partial charge in [-0.3, -0.25) is 4.98 Å². The summed E-state index contributed by atoms with van der Waals surface area (Å²) >= 11 is 0. The fraction of sp³-hybridized carbons (Fsp3) is 0.593. The van der Waals surface area contributed by atoms with E-state index in [0.717, 1.165) is 49.0 Å². The normalized spacial score (nSPS) is 20.6. The SMILES string of the molecule is C=C[C@H]1CN(CCCCCCC)CC[C@@H]1C(O)CCc1ccnc2ccc(OC)cc12. The van der Waals surface area contributed by atoms with Crippen molar-refractivity contribution in [1.82, 2.24) is 9.88 Å². The highest BCUT2D eigenvalue weighted by Gasteiger charge is 2.31. The molecule has 1 aromatic carbocycles. The first kappa shape index (κ1) is 23.7. The molecule has 2 aromatic rings. The molecule has 31 heavy (non-hydrogen) atoms. The largest absolute Gasteiger partial charge is 0.497 e. The Labute approximate surface area is 188 Å². The lowest BCUT2D eigenvalue weighted by molar-refractivity contribution is 0.0284. The van der Waals surface area contributed by atoms with Crippen molar-refractivity contribution in [3.8, 4) is 5.75 Å². The van der Waals surface area contributed by atoms with Gasteiger partial charge in [-0.25, -0.2) is 0 Å². The van der Waals surface area contributed by atoms with Gasteiger partial charge in [-0.1, -0.05) is 38.7 Å². The van der Waals surface area contributed by atoms with E-state index in [1.54, 1.807) is 7.11 Å². The van der Waals surface area contributed by atoms with Crippen LogP contribution in [0.5, 0.6) is 5.75 Å². The summed E-state index contributed by atoms with van der Waals surface area (Å²) in [5.74, 6) is 1.52. The second-order valence-corrected chi connectivity index (χ2v) is 9.03. The van der Waals surface area contributed by atoms with E-state index in [1.165, 1.54) is 44.2 Å². The predicted molar refractivity (Wildman–Crippen MR) is 130 cm³/mol. The molecule has 0 spiro atoms. The van der Waals surface area contributed by atoms with E-state index in [4.69, 9.17) is 4.74 Å². The van der Waals surface area contributed by atoms with Crippen LogP contribution in [-0.2, 0) is 6.42 Å². The van der Waals surface area contributed by atoms with Crippen molar-refractivity contribution >= 4 is 10.9 Å². The molecule has 2 heterocycles. The van der Waals surface area contributed by atoms with Gasteiger partial charge in [-0.15, -0.1) is 6.58 Å². The second-order valence-electron chi connectivity index (χ2n) is 9.03. The Hall–Kier alpha value is -1.91. The summed E-state index contributed by atoms with van der Waals surface area (Å²) in [6, 6.07) is 8.07. The van der Waals surface area contributed by atoms with Crippen LogP contribution < -0.4 is 4.74 Å². The number of aryl methyl sites for hydroxylation is 1. The number of unbranched alkanes of at least 4 members (excludes halogenated alkanes) is 4. The zero-order valence-corrected chi connectivity index (χ0v) is 19.4. The molecule has 1 aromatic heterocycles. The van der Waals surface area contributed by atoms with Crippen molar-refractivity contribution < 1.29 is 9.84 Å². The lowest BCUT2D eigenvalue weighted by Gasteiger charge is -2.39. The molecule has 3 rings (SSSR count). The molecule has 1 saturated heterocycles. The Morgan fingerprint density at radius 3 is 2.87 bits per heavy atom. The minimum atomic E-state index is -0.302. The van der Waals surface area contributed by atoms with Crippen LogP contribution in [-0.4, -0.2) is 47.8 Å². The molecule has 3 atom stereocenters. The summed E-state index contributed by atoms with van der Waals surface area (Å²) in [7, 11) is 1.69. The number of pyridine rings is 1. The number of ether oxygens (including phenoxy) is 1. The first-order valence-corrected chi connectivity index (χ1v) is 12.1. The third-order valence-electron chi connectivity index (χ3n) is 6.92. The number of benzene rings is 1. The summed E-state index contributed by atoms with van der Waals surface area (Å²) in [5.41, 5.74) is 2.20. The lowest BCUT2D eigenvalue weighted by atomic mass is 9.79. The number of aromatic nitrogens is 1. The standard InChI is InChI=1S/C27H40N2O2/c1-4-6-7-8-9-17-29-18-15-24(21(5-2)20-29)27(30)13-10-22-14-16-28-26-12-11-23(31-3)19-25(22)26/h5,11-12,14,16,19,21,24,27,30H,2,4,6-10,13,15,17-18,20H2,1,3H3/t21-,24-,27?/m0/s1. The van der Waals surface area contributed by atoms with Crippen LogP contribution in [0, 0.1) is 11.8 Å². The van der Waals surface area contributed by atoms with Gasteiger partial charge in [0.05, 0.1) is 18.7 Å². The topological polar surface area (TPSA) is 45.6 Å². The van der Waals surface area contributed by atoms with Gasteiger partial charge in [0, 0.05) is 18.1 Å². The van der Waals surface area contributed by atoms with E-state index in [-0.39, 0.29) is 6.10 Å². The predicted octanol–water partition coefficient (Wildman–Crippen LogP) is 5.63. The van der Waals surface area contributed by atoms with E-state index >= 15 is 0 Å². The molecule has 1 aliphatic rings. The summed E-state index contributed by atoms with van der Waals surface area (Å²) in [6.07, 6.45) is 12.9. The van der Waals surface area contributed by atoms with Gasteiger partial charge >= 0.3 is 0 Å². The highest BCUT2D eigenvalue weighted by Crippen LogP contribution is 2.31. The summed E-state index contributed by atoms with van der Waals surface area (Å²) in [6.45, 7) is 9.66. The van der Waals surface area contributed by atoms with Crippen molar-refractivity contribution in [2.24, 2.45) is 11.8 Å². The van der Waals surface area contributed by atoms with Gasteiger partial charge in [0.15, 0.2) is 0 Å². The Balaban J connectivity index is 1.54. The third kappa shape index (κ3) is 6.54. The average molecular weight is 425 g/mol. The first-order valence-electron chi connectivity index (χ1n) is 12.1. The van der Waals surface area contributed by atoms with Crippen LogP contribution >= 0.6 is 0 Å². The highest BCUT2D eigenvalue weighted by atomic mass is 16.5. The highest BCUT2D eigenvalue weighted by molar-refractivity contribution is 5.83. The fourth-order valence-electron chi connectivity index (χ4n) is 4.98. The van der Waals surface area contributed by atoms with Crippen molar-refractivity contribution in [2.75, 3.05) is 26.7 Å². The number of rotatable bonds is 12. The maximum atomic E-state index is 11.1. The Morgan fingerprint density at radius 1 is 1.26 bits per heavy atom. The Kier molecular flexibility index (Phi) is 9.35. The molecule has 0 amide bonds. The number of nitrogens with zero attached hydrogens (tertiary/aromatic N) is 2. The molecular weight excluding hydrogens is 384 g/mol. The summed E-state index contributed by atoms with van der Waals surface area (Å²) in [5, 5.41) is 12.2. The molecule has 0 aliphatic carbocycles. The zero-order valence-electron chi connectivity index (χ0n) is 19.4. The molecule has 4 heteroatoms. The van der Waals surface area contributed by atoms with E-state index < -0.39 is 0 Å². The van der Waals surface area contributed by atoms with Gasteiger partial charge in [0.25, 0.3) is 0 Å². The van der Waals surface area contributed by atoms with E-state index in [1.807, 2.05) is 18.3 Å². The number of methoxy groups -OCH3 is 1. The average Bonchev–Trinajstić information content (AvgIpc) is 2.81. The maximum absolute atomic E-state index is 11.1. The van der Waals surface area contributed by atoms with Crippen LogP contribution in [0.2, 0.25) is 0 Å². The van der Waals surface area contributed by atoms with E-state index in [0.29, 0.717) is 11.8 Å². The van der Waals surface area contributed by atoms with Crippen molar-refractivity contribution in [2.45, 2.75) is 64.4 Å². The Bertz CT molecular complexity index is 822. The van der Waals surface area contributed by atoms with Crippen LogP contribution in [0.1, 0.15) is 57.4 Å². The molecule has 0 bridgehead atoms. The smallest absolute Gasteiger partial charge is 0.119 e. The van der Waals surface area contributed by atoms with Crippen molar-refractivity contribution in [1.29, 1.82) is 0 Å². The number of piperidine rings is 1. The number of aliphatic hydroxyl groups excluding tert-OH is 1. The van der Waals surface area contributed by atoms with E-state index in [2.05, 4.69) is 41.6 Å². The van der Waals surface area contributed by atoms with Crippen LogP contribution in [0.25, 0.3) is 10.9 Å². The minimum Gasteiger partial charge on any atom is -0.497 e. The molecule has 0 radical (unpaired) electrons. The van der Waals surface area contributed by atoms with Gasteiger partial charge < -0.3 is 14.7 Å². The minimum absolute atomic E-state index is 0.302. The number of hydrogen-bond acceptors (Lipinski definition) is 4. The fourth-order valence-corrected chi connectivity index (χ4v) is 4.98. The van der Waals surface area contributed by atoms with Crippen LogP contribution in [0.15, 0.2) is 43.1 Å². The summed E-state index contributed by atoms with van der Waals surface area (Å²) < 4.78 is 5.39. The molecule has 1 N–H and O–H groups in total. The number of hydrogen-bond donors (Lipinski definition) is 1. The van der Waals surface area contributed by atoms with E-state index in [9.17, 15) is 5.11 Å². The van der Waals surface area contributed by atoms with Crippen molar-refractivity contribution in [3.63, 3.8) is 0 Å². The Morgan fingerprint density at radius 2 is 2.10 bits per heavy atom. The zero-order chi connectivity index (χ0) is 22.1. The van der Waals surface area contributed by atoms with Crippen LogP contribution in [0.3, 0.4) is 0 Å². The van der Waals surface area contributed by atoms with Gasteiger partial charge in [0.2, 0.25) is 0 Å². The molecule has 4 nitrogen and oxygen atoms in total. The molecule has 1 fully saturated rings. The number of aliphatic hydroxyl groups is 1. The van der Waals surface area contributed by atoms with Gasteiger partial charge in [-0.2, -0.15) is 0 Å². The third-order valence-corrected chi connectivity index (χ3v) is 6.92. The maximum Gasteiger partial charge on any atom is 0.119 e.